The molecule has 4 heteroatoms. The summed E-state index contributed by atoms with van der Waals surface area (Å²) in [5.41, 5.74) is 0. The molecule has 1 aliphatic heterocycles. The van der Waals surface area contributed by atoms with Crippen LogP contribution in [0.15, 0.2) is 0 Å². The van der Waals surface area contributed by atoms with Crippen LogP contribution in [-0.2, 0) is 9.05 Å². The Hall–Kier alpha value is 0.310. The zero-order valence-electron chi connectivity index (χ0n) is 3.09. The van der Waals surface area contributed by atoms with Gasteiger partial charge in [-0.2, -0.15) is 0 Å². The third-order valence-electron chi connectivity index (χ3n) is 0.477. The maximum Gasteiger partial charge on any atom is 0.0831 e. The van der Waals surface area contributed by atoms with Crippen LogP contribution in [0, 0.1) is 0 Å². The molecule has 0 aromatic carbocycles. The van der Waals surface area contributed by atoms with Gasteiger partial charge in [0.05, 0.1) is 21.8 Å². The smallest absolute Gasteiger partial charge is 0.0831 e. The molecule has 0 spiro atoms. The normalized spacial score (nSPS) is 25.5. The summed E-state index contributed by atoms with van der Waals surface area (Å²) in [4.78, 5) is 9.95. The standard InChI is InChI=1S/C2H4O3P/c3-6-4-1-2-5-6/h1-2H2/q-1. The van der Waals surface area contributed by atoms with Crippen LogP contribution in [0.2, 0.25) is 0 Å². The van der Waals surface area contributed by atoms with Gasteiger partial charge in [0.15, 0.2) is 0 Å². The molecule has 36 valence electrons. The SMILES string of the molecule is [O-]P1OCCO1. The van der Waals surface area contributed by atoms with Crippen LogP contribution in [0.5, 0.6) is 0 Å². The molecule has 1 aliphatic rings. The number of hydrogen-bond donors (Lipinski definition) is 0. The Morgan fingerprint density at radius 3 is 2.00 bits per heavy atom. The first-order chi connectivity index (χ1) is 2.89. The summed E-state index contributed by atoms with van der Waals surface area (Å²) in [5.74, 6) is 0. The molecule has 0 saturated carbocycles. The summed E-state index contributed by atoms with van der Waals surface area (Å²) in [5, 5.41) is 0. The Morgan fingerprint density at radius 1 is 1.33 bits per heavy atom. The van der Waals surface area contributed by atoms with E-state index in [1.54, 1.807) is 0 Å². The molecular weight excluding hydrogens is 103 g/mol. The van der Waals surface area contributed by atoms with Crippen LogP contribution in [0.3, 0.4) is 0 Å². The van der Waals surface area contributed by atoms with Gasteiger partial charge in [0.2, 0.25) is 0 Å². The van der Waals surface area contributed by atoms with Gasteiger partial charge in [0.25, 0.3) is 0 Å². The molecule has 1 saturated heterocycles. The van der Waals surface area contributed by atoms with Crippen LogP contribution < -0.4 is 4.89 Å². The van der Waals surface area contributed by atoms with Crippen molar-refractivity contribution in [1.82, 2.24) is 0 Å². The first-order valence-corrected chi connectivity index (χ1v) is 2.72. The van der Waals surface area contributed by atoms with Crippen LogP contribution >= 0.6 is 8.60 Å². The van der Waals surface area contributed by atoms with E-state index in [1.807, 2.05) is 0 Å². The molecule has 0 aliphatic carbocycles. The van der Waals surface area contributed by atoms with Gasteiger partial charge < -0.3 is 13.9 Å². The fourth-order valence-corrected chi connectivity index (χ4v) is 0.783. The third kappa shape index (κ3) is 0.884. The summed E-state index contributed by atoms with van der Waals surface area (Å²) in [6.45, 7) is 0.963. The zero-order valence-corrected chi connectivity index (χ0v) is 3.98. The fraction of sp³-hybridized carbons (Fsp3) is 1.00. The Labute approximate surface area is 36.9 Å². The monoisotopic (exact) mass is 107 g/mol. The minimum absolute atomic E-state index is 0.481. The first kappa shape index (κ1) is 4.47. The molecule has 0 atom stereocenters. The van der Waals surface area contributed by atoms with Crippen molar-refractivity contribution in [2.24, 2.45) is 0 Å². The molecule has 3 nitrogen and oxygen atoms in total. The topological polar surface area (TPSA) is 41.5 Å². The van der Waals surface area contributed by atoms with Crippen LogP contribution in [0.4, 0.5) is 0 Å². The van der Waals surface area contributed by atoms with E-state index in [-0.39, 0.29) is 0 Å². The molecular formula is C2H4O3P-. The molecule has 0 N–H and O–H groups in total. The molecule has 1 heterocycles. The second-order valence-electron chi connectivity index (χ2n) is 0.890. The van der Waals surface area contributed by atoms with Crippen molar-refractivity contribution in [3.8, 4) is 0 Å². The van der Waals surface area contributed by atoms with Gasteiger partial charge in [0.1, 0.15) is 0 Å². The predicted molar refractivity (Wildman–Crippen MR) is 18.8 cm³/mol. The average Bonchev–Trinajstić information content (AvgIpc) is 1.86. The molecule has 0 bridgehead atoms. The molecule has 0 unspecified atom stereocenters. The second kappa shape index (κ2) is 1.85. The van der Waals surface area contributed by atoms with E-state index in [4.69, 9.17) is 0 Å². The van der Waals surface area contributed by atoms with Crippen LogP contribution in [0.25, 0.3) is 0 Å². The van der Waals surface area contributed by atoms with Crippen LogP contribution in [0.1, 0.15) is 0 Å². The molecule has 0 aromatic rings. The Balaban J connectivity index is 2.18. The molecule has 1 fully saturated rings. The Morgan fingerprint density at radius 2 is 1.83 bits per heavy atom. The quantitative estimate of drug-likeness (QED) is 0.396. The van der Waals surface area contributed by atoms with Crippen molar-refractivity contribution in [2.75, 3.05) is 13.2 Å². The highest BCUT2D eigenvalue weighted by Gasteiger charge is 2.01. The predicted octanol–water partition coefficient (Wildman–Crippen LogP) is -0.380. The maximum absolute atomic E-state index is 9.95. The Kier molecular flexibility index (Phi) is 1.37. The third-order valence-corrected chi connectivity index (χ3v) is 1.26. The lowest BCUT2D eigenvalue weighted by atomic mass is 10.8. The van der Waals surface area contributed by atoms with E-state index in [0.717, 1.165) is 0 Å². The van der Waals surface area contributed by atoms with E-state index in [2.05, 4.69) is 9.05 Å². The van der Waals surface area contributed by atoms with Gasteiger partial charge in [-0.05, 0) is 0 Å². The lowest BCUT2D eigenvalue weighted by molar-refractivity contribution is -0.193. The van der Waals surface area contributed by atoms with Gasteiger partial charge in [0, 0.05) is 0 Å². The van der Waals surface area contributed by atoms with Crippen LogP contribution in [-0.4, -0.2) is 13.2 Å². The highest BCUT2D eigenvalue weighted by molar-refractivity contribution is 7.39. The number of hydrogen-bond acceptors (Lipinski definition) is 3. The molecule has 0 amide bonds. The van der Waals surface area contributed by atoms with Crippen molar-refractivity contribution in [3.05, 3.63) is 0 Å². The Bertz CT molecular complexity index is 42.1. The minimum atomic E-state index is -1.72. The molecule has 0 aromatic heterocycles. The van der Waals surface area contributed by atoms with Crippen molar-refractivity contribution in [3.63, 3.8) is 0 Å². The van der Waals surface area contributed by atoms with Crippen molar-refractivity contribution >= 4 is 8.60 Å². The van der Waals surface area contributed by atoms with E-state index in [1.165, 1.54) is 0 Å². The van der Waals surface area contributed by atoms with Crippen molar-refractivity contribution in [1.29, 1.82) is 0 Å². The molecule has 0 radical (unpaired) electrons. The second-order valence-corrected chi connectivity index (χ2v) is 1.85. The van der Waals surface area contributed by atoms with E-state index >= 15 is 0 Å². The number of rotatable bonds is 0. The minimum Gasteiger partial charge on any atom is -0.786 e. The summed E-state index contributed by atoms with van der Waals surface area (Å²) in [6, 6.07) is 0. The van der Waals surface area contributed by atoms with Gasteiger partial charge in [-0.3, -0.25) is 0 Å². The summed E-state index contributed by atoms with van der Waals surface area (Å²) in [6.07, 6.45) is 0. The van der Waals surface area contributed by atoms with Crippen molar-refractivity contribution in [2.45, 2.75) is 0 Å². The lowest BCUT2D eigenvalue weighted by Crippen LogP contribution is -1.90. The zero-order chi connectivity index (χ0) is 4.41. The van der Waals surface area contributed by atoms with Gasteiger partial charge in [-0.15, -0.1) is 0 Å². The lowest BCUT2D eigenvalue weighted by Gasteiger charge is -2.09. The summed E-state index contributed by atoms with van der Waals surface area (Å²) in [7, 11) is -1.72. The summed E-state index contributed by atoms with van der Waals surface area (Å²) >= 11 is 0. The fourth-order valence-electron chi connectivity index (χ4n) is 0.261. The highest BCUT2D eigenvalue weighted by Crippen LogP contribution is 2.31. The molecule has 1 rings (SSSR count). The molecule has 6 heavy (non-hydrogen) atoms. The van der Waals surface area contributed by atoms with E-state index in [9.17, 15) is 4.89 Å². The largest absolute Gasteiger partial charge is 0.786 e. The van der Waals surface area contributed by atoms with Crippen molar-refractivity contribution < 1.29 is 13.9 Å². The van der Waals surface area contributed by atoms with Gasteiger partial charge >= 0.3 is 0 Å². The van der Waals surface area contributed by atoms with Gasteiger partial charge in [-0.1, -0.05) is 0 Å². The average molecular weight is 107 g/mol. The van der Waals surface area contributed by atoms with E-state index < -0.39 is 8.60 Å². The first-order valence-electron chi connectivity index (χ1n) is 1.63. The maximum atomic E-state index is 9.95. The van der Waals surface area contributed by atoms with E-state index in [0.29, 0.717) is 13.2 Å². The highest BCUT2D eigenvalue weighted by atomic mass is 31.2. The van der Waals surface area contributed by atoms with Gasteiger partial charge in [-0.25, -0.2) is 0 Å². The summed E-state index contributed by atoms with van der Waals surface area (Å²) < 4.78 is 8.88.